The van der Waals surface area contributed by atoms with Crippen LogP contribution in [0.1, 0.15) is 37.3 Å². The maximum atomic E-state index is 12.4. The van der Waals surface area contributed by atoms with Crippen molar-refractivity contribution in [2.75, 3.05) is 0 Å². The number of hydrogen-bond donors (Lipinski definition) is 0. The lowest BCUT2D eigenvalue weighted by atomic mass is 9.98. The summed E-state index contributed by atoms with van der Waals surface area (Å²) in [5, 5.41) is 0.403. The molecule has 0 aliphatic rings. The van der Waals surface area contributed by atoms with Crippen LogP contribution in [-0.2, 0) is 10.1 Å². The van der Waals surface area contributed by atoms with Gasteiger partial charge in [0, 0.05) is 5.02 Å². The van der Waals surface area contributed by atoms with Gasteiger partial charge in [-0.3, -0.25) is 0 Å². The predicted octanol–water partition coefficient (Wildman–Crippen LogP) is 4.93. The third-order valence-corrected chi connectivity index (χ3v) is 5.33. The number of benzene rings is 2. The van der Waals surface area contributed by atoms with Crippen molar-refractivity contribution in [1.29, 1.82) is 0 Å². The van der Waals surface area contributed by atoms with E-state index in [1.807, 2.05) is 26.0 Å². The van der Waals surface area contributed by atoms with E-state index in [4.69, 9.17) is 15.8 Å². The average Bonchev–Trinajstić information content (AvgIpc) is 2.49. The first-order valence-electron chi connectivity index (χ1n) is 7.14. The SMILES string of the molecule is CCC(C)c1ccccc1OS(=O)(=O)c1ccc(C)c(Cl)c1. The van der Waals surface area contributed by atoms with Gasteiger partial charge in [0.05, 0.1) is 0 Å². The maximum absolute atomic E-state index is 12.4. The zero-order valence-electron chi connectivity index (χ0n) is 12.8. The highest BCUT2D eigenvalue weighted by Gasteiger charge is 2.20. The zero-order chi connectivity index (χ0) is 16.3. The third-order valence-electron chi connectivity index (χ3n) is 3.69. The third kappa shape index (κ3) is 3.62. The Morgan fingerprint density at radius 1 is 1.18 bits per heavy atom. The van der Waals surface area contributed by atoms with Gasteiger partial charge in [0.1, 0.15) is 10.6 Å². The van der Waals surface area contributed by atoms with Crippen LogP contribution in [0.3, 0.4) is 0 Å². The van der Waals surface area contributed by atoms with Gasteiger partial charge in [-0.05, 0) is 48.6 Å². The van der Waals surface area contributed by atoms with Gasteiger partial charge < -0.3 is 4.18 Å². The van der Waals surface area contributed by atoms with Gasteiger partial charge in [0.15, 0.2) is 0 Å². The van der Waals surface area contributed by atoms with E-state index in [-0.39, 0.29) is 10.8 Å². The monoisotopic (exact) mass is 338 g/mol. The molecule has 5 heteroatoms. The first kappa shape index (κ1) is 16.8. The van der Waals surface area contributed by atoms with Crippen molar-refractivity contribution >= 4 is 21.7 Å². The molecule has 0 fully saturated rings. The lowest BCUT2D eigenvalue weighted by molar-refractivity contribution is 0.479. The average molecular weight is 339 g/mol. The molecule has 0 aliphatic carbocycles. The Morgan fingerprint density at radius 3 is 2.50 bits per heavy atom. The molecule has 2 aromatic carbocycles. The van der Waals surface area contributed by atoms with Crippen LogP contribution in [0.4, 0.5) is 0 Å². The predicted molar refractivity (Wildman–Crippen MR) is 89.2 cm³/mol. The number of para-hydroxylation sites is 1. The van der Waals surface area contributed by atoms with Crippen molar-refractivity contribution in [2.45, 2.75) is 38.0 Å². The molecule has 0 radical (unpaired) electrons. The van der Waals surface area contributed by atoms with Crippen LogP contribution in [0.15, 0.2) is 47.4 Å². The second-order valence-corrected chi connectivity index (χ2v) is 7.25. The van der Waals surface area contributed by atoms with Crippen molar-refractivity contribution in [3.8, 4) is 5.75 Å². The molecule has 118 valence electrons. The van der Waals surface area contributed by atoms with Gasteiger partial charge in [-0.2, -0.15) is 8.42 Å². The van der Waals surface area contributed by atoms with Crippen LogP contribution >= 0.6 is 11.6 Å². The minimum atomic E-state index is -3.90. The first-order chi connectivity index (χ1) is 10.3. The van der Waals surface area contributed by atoms with Gasteiger partial charge in [-0.15, -0.1) is 0 Å². The van der Waals surface area contributed by atoms with E-state index >= 15 is 0 Å². The molecule has 0 amide bonds. The summed E-state index contributed by atoms with van der Waals surface area (Å²) in [5.74, 6) is 0.585. The summed E-state index contributed by atoms with van der Waals surface area (Å²) < 4.78 is 30.2. The highest BCUT2D eigenvalue weighted by molar-refractivity contribution is 7.87. The molecule has 2 rings (SSSR count). The molecule has 2 aromatic rings. The summed E-state index contributed by atoms with van der Waals surface area (Å²) in [5.41, 5.74) is 1.70. The molecule has 0 aliphatic heterocycles. The molecule has 3 nitrogen and oxygen atoms in total. The summed E-state index contributed by atoms with van der Waals surface area (Å²) in [7, 11) is -3.90. The lowest BCUT2D eigenvalue weighted by Gasteiger charge is -2.15. The van der Waals surface area contributed by atoms with Crippen molar-refractivity contribution < 1.29 is 12.6 Å². The number of halogens is 1. The van der Waals surface area contributed by atoms with E-state index < -0.39 is 10.1 Å². The highest BCUT2D eigenvalue weighted by atomic mass is 35.5. The molecule has 0 aromatic heterocycles. The highest BCUT2D eigenvalue weighted by Crippen LogP contribution is 2.31. The minimum Gasteiger partial charge on any atom is -0.379 e. The zero-order valence-corrected chi connectivity index (χ0v) is 14.4. The fraction of sp³-hybridized carbons (Fsp3) is 0.294. The van der Waals surface area contributed by atoms with Crippen molar-refractivity contribution in [2.24, 2.45) is 0 Å². The molecule has 1 unspecified atom stereocenters. The van der Waals surface area contributed by atoms with Crippen molar-refractivity contribution in [3.63, 3.8) is 0 Å². The van der Waals surface area contributed by atoms with E-state index in [2.05, 4.69) is 6.92 Å². The van der Waals surface area contributed by atoms with Gasteiger partial charge >= 0.3 is 10.1 Å². The molecular formula is C17H19ClO3S. The van der Waals surface area contributed by atoms with E-state index in [9.17, 15) is 8.42 Å². The standard InChI is InChI=1S/C17H19ClO3S/c1-4-12(2)15-7-5-6-8-17(15)21-22(19,20)14-10-9-13(3)16(18)11-14/h5-12H,4H2,1-3H3. The van der Waals surface area contributed by atoms with Crippen molar-refractivity contribution in [1.82, 2.24) is 0 Å². The van der Waals surface area contributed by atoms with Crippen LogP contribution in [0.25, 0.3) is 0 Å². The van der Waals surface area contributed by atoms with Crippen LogP contribution in [0.5, 0.6) is 5.75 Å². The van der Waals surface area contributed by atoms with Gasteiger partial charge in [0.2, 0.25) is 0 Å². The van der Waals surface area contributed by atoms with Crippen LogP contribution in [-0.4, -0.2) is 8.42 Å². The summed E-state index contributed by atoms with van der Waals surface area (Å²) >= 11 is 6.01. The minimum absolute atomic E-state index is 0.0575. The molecule has 1 atom stereocenters. The number of aryl methyl sites for hydroxylation is 1. The molecule has 0 spiro atoms. The van der Waals surface area contributed by atoms with Crippen molar-refractivity contribution in [3.05, 3.63) is 58.6 Å². The Hall–Kier alpha value is -1.52. The summed E-state index contributed by atoms with van der Waals surface area (Å²) in [6.45, 7) is 5.91. The first-order valence-corrected chi connectivity index (χ1v) is 8.93. The molecule has 0 saturated heterocycles. The Bertz CT molecular complexity index is 769. The summed E-state index contributed by atoms with van der Waals surface area (Å²) in [4.78, 5) is 0.0575. The Labute approximate surface area is 137 Å². The molecule has 0 saturated carbocycles. The Morgan fingerprint density at radius 2 is 1.86 bits per heavy atom. The smallest absolute Gasteiger partial charge is 0.339 e. The second kappa shape index (κ2) is 6.71. The fourth-order valence-electron chi connectivity index (χ4n) is 2.08. The number of hydrogen-bond acceptors (Lipinski definition) is 3. The normalized spacial score (nSPS) is 12.9. The van der Waals surface area contributed by atoms with E-state index in [0.29, 0.717) is 10.8 Å². The van der Waals surface area contributed by atoms with E-state index in [0.717, 1.165) is 17.5 Å². The Kier molecular flexibility index (Phi) is 5.14. The summed E-state index contributed by atoms with van der Waals surface area (Å²) in [6, 6.07) is 11.8. The summed E-state index contributed by atoms with van der Waals surface area (Å²) in [6.07, 6.45) is 0.900. The molecule has 0 heterocycles. The molecule has 22 heavy (non-hydrogen) atoms. The van der Waals surface area contributed by atoms with Crippen LogP contribution in [0, 0.1) is 6.92 Å². The van der Waals surface area contributed by atoms with E-state index in [1.165, 1.54) is 12.1 Å². The van der Waals surface area contributed by atoms with Crippen LogP contribution < -0.4 is 4.18 Å². The largest absolute Gasteiger partial charge is 0.379 e. The van der Waals surface area contributed by atoms with Gasteiger partial charge in [-0.1, -0.05) is 49.7 Å². The molecule has 0 N–H and O–H groups in total. The van der Waals surface area contributed by atoms with E-state index in [1.54, 1.807) is 18.2 Å². The van der Waals surface area contributed by atoms with Gasteiger partial charge in [-0.25, -0.2) is 0 Å². The Balaban J connectivity index is 2.39. The number of rotatable bonds is 5. The lowest BCUT2D eigenvalue weighted by Crippen LogP contribution is -2.11. The van der Waals surface area contributed by atoms with Gasteiger partial charge in [0.25, 0.3) is 0 Å². The fourth-order valence-corrected chi connectivity index (χ4v) is 3.31. The second-order valence-electron chi connectivity index (χ2n) is 5.30. The molecular weight excluding hydrogens is 320 g/mol. The topological polar surface area (TPSA) is 43.4 Å². The molecule has 0 bridgehead atoms. The quantitative estimate of drug-likeness (QED) is 0.726. The van der Waals surface area contributed by atoms with Crippen LogP contribution in [0.2, 0.25) is 5.02 Å². The maximum Gasteiger partial charge on any atom is 0.339 e.